The van der Waals surface area contributed by atoms with Crippen molar-refractivity contribution in [2.75, 3.05) is 6.79 Å². The topological polar surface area (TPSA) is 125 Å². The summed E-state index contributed by atoms with van der Waals surface area (Å²) in [5.41, 5.74) is 2.20. The van der Waals surface area contributed by atoms with Crippen LogP contribution in [0.15, 0.2) is 72.8 Å². The molecule has 2 aliphatic heterocycles. The van der Waals surface area contributed by atoms with Crippen molar-refractivity contribution in [3.63, 3.8) is 0 Å². The van der Waals surface area contributed by atoms with Crippen molar-refractivity contribution in [2.45, 2.75) is 64.7 Å². The van der Waals surface area contributed by atoms with Crippen LogP contribution in [0.1, 0.15) is 68.8 Å². The third-order valence-corrected chi connectivity index (χ3v) is 8.25. The summed E-state index contributed by atoms with van der Waals surface area (Å²) in [7, 11) is 0. The second-order valence-corrected chi connectivity index (χ2v) is 12.5. The van der Waals surface area contributed by atoms with Crippen LogP contribution in [-0.2, 0) is 20.9 Å². The normalized spacial score (nSPS) is 16.7. The van der Waals surface area contributed by atoms with Gasteiger partial charge in [-0.2, -0.15) is 0 Å². The van der Waals surface area contributed by atoms with E-state index in [9.17, 15) is 24.3 Å². The Kier molecular flexibility index (Phi) is 9.46. The number of urea groups is 1. The largest absolute Gasteiger partial charge is 0.481 e. The summed E-state index contributed by atoms with van der Waals surface area (Å²) in [6, 6.07) is 20.0. The van der Waals surface area contributed by atoms with Gasteiger partial charge in [-0.15, -0.1) is 0 Å². The zero-order valence-corrected chi connectivity index (χ0v) is 26.4. The number of aliphatic carboxylic acids is 1. The Hall–Kier alpha value is -5.12. The van der Waals surface area contributed by atoms with E-state index >= 15 is 0 Å². The first kappa shape index (κ1) is 32.3. The number of ether oxygens (including phenoxy) is 2. The van der Waals surface area contributed by atoms with Crippen molar-refractivity contribution in [1.29, 1.82) is 0 Å². The molecule has 2 N–H and O–H groups in total. The predicted molar refractivity (Wildman–Crippen MR) is 173 cm³/mol. The molecule has 0 unspecified atom stereocenters. The number of carboxylic acids is 1. The van der Waals surface area contributed by atoms with Crippen LogP contribution in [0.4, 0.5) is 4.79 Å². The molecule has 0 bridgehead atoms. The van der Waals surface area contributed by atoms with Crippen LogP contribution in [0.2, 0.25) is 0 Å². The van der Waals surface area contributed by atoms with Gasteiger partial charge in [0, 0.05) is 6.54 Å². The Morgan fingerprint density at radius 2 is 1.59 bits per heavy atom. The van der Waals surface area contributed by atoms with Gasteiger partial charge in [0.1, 0.15) is 11.6 Å². The third-order valence-electron chi connectivity index (χ3n) is 8.25. The lowest BCUT2D eigenvalue weighted by atomic mass is 9.97. The number of carbonyl (C=O) groups excluding carboxylic acids is 3. The van der Waals surface area contributed by atoms with Crippen LogP contribution in [0.3, 0.4) is 0 Å². The minimum absolute atomic E-state index is 0.0477. The fourth-order valence-electron chi connectivity index (χ4n) is 5.68. The summed E-state index contributed by atoms with van der Waals surface area (Å²) in [6.07, 6.45) is 3.82. The van der Waals surface area contributed by atoms with Gasteiger partial charge in [-0.05, 0) is 60.6 Å². The molecule has 4 amide bonds. The molecule has 10 nitrogen and oxygen atoms in total. The molecule has 1 fully saturated rings. The van der Waals surface area contributed by atoms with E-state index in [-0.39, 0.29) is 25.7 Å². The molecule has 0 radical (unpaired) electrons. The maximum atomic E-state index is 14.0. The molecule has 5 rings (SSSR count). The van der Waals surface area contributed by atoms with Crippen LogP contribution in [0.25, 0.3) is 12.2 Å². The van der Waals surface area contributed by atoms with Crippen molar-refractivity contribution < 1.29 is 33.8 Å². The number of amides is 4. The van der Waals surface area contributed by atoms with Gasteiger partial charge in [0.05, 0.1) is 12.5 Å². The molecule has 0 aliphatic carbocycles. The highest BCUT2D eigenvalue weighted by molar-refractivity contribution is 6.09. The van der Waals surface area contributed by atoms with Crippen molar-refractivity contribution in [1.82, 2.24) is 15.1 Å². The number of nitrogens with one attached hydrogen (secondary N) is 1. The zero-order chi connectivity index (χ0) is 33.0. The molecule has 2 aliphatic rings. The number of hydrogen-bond donors (Lipinski definition) is 2. The van der Waals surface area contributed by atoms with Crippen molar-refractivity contribution in [3.8, 4) is 11.5 Å². The van der Waals surface area contributed by atoms with Gasteiger partial charge in [-0.1, -0.05) is 86.7 Å². The summed E-state index contributed by atoms with van der Waals surface area (Å²) in [5.74, 6) is -1.29. The van der Waals surface area contributed by atoms with E-state index in [0.29, 0.717) is 17.1 Å². The van der Waals surface area contributed by atoms with Crippen LogP contribution in [0, 0.1) is 5.92 Å². The highest BCUT2D eigenvalue weighted by Crippen LogP contribution is 2.36. The molecule has 0 spiro atoms. The maximum Gasteiger partial charge on any atom is 0.328 e. The van der Waals surface area contributed by atoms with Crippen molar-refractivity contribution in [2.24, 2.45) is 5.92 Å². The van der Waals surface area contributed by atoms with Gasteiger partial charge < -0.3 is 24.8 Å². The lowest BCUT2D eigenvalue weighted by Crippen LogP contribution is -2.52. The van der Waals surface area contributed by atoms with Gasteiger partial charge in [-0.3, -0.25) is 14.4 Å². The summed E-state index contributed by atoms with van der Waals surface area (Å²) < 4.78 is 10.8. The van der Waals surface area contributed by atoms with Crippen LogP contribution < -0.4 is 14.8 Å². The zero-order valence-electron chi connectivity index (χ0n) is 26.4. The number of carbonyl (C=O) groups is 4. The quantitative estimate of drug-likeness (QED) is 0.190. The van der Waals surface area contributed by atoms with Gasteiger partial charge in [0.2, 0.25) is 12.7 Å². The van der Waals surface area contributed by atoms with E-state index in [2.05, 4.69) is 5.32 Å². The van der Waals surface area contributed by atoms with E-state index in [1.54, 1.807) is 32.0 Å². The van der Waals surface area contributed by atoms with E-state index in [1.807, 2.05) is 80.6 Å². The second-order valence-electron chi connectivity index (χ2n) is 12.5. The molecule has 2 heterocycles. The number of imide groups is 1. The lowest BCUT2D eigenvalue weighted by Gasteiger charge is -2.29. The minimum atomic E-state index is -1.21. The molecule has 3 aromatic carbocycles. The Morgan fingerprint density at radius 1 is 0.935 bits per heavy atom. The lowest BCUT2D eigenvalue weighted by molar-refractivity contribution is -0.140. The van der Waals surface area contributed by atoms with Gasteiger partial charge in [-0.25, -0.2) is 9.69 Å². The Labute approximate surface area is 268 Å². The third kappa shape index (κ3) is 7.06. The summed E-state index contributed by atoms with van der Waals surface area (Å²) in [4.78, 5) is 56.0. The molecule has 2 atom stereocenters. The number of benzene rings is 3. The number of nitrogens with zero attached hydrogens (tertiary/aromatic N) is 2. The molecule has 46 heavy (non-hydrogen) atoms. The van der Waals surface area contributed by atoms with Crippen LogP contribution in [0.5, 0.6) is 11.5 Å². The molecule has 0 aromatic heterocycles. The first-order valence-electron chi connectivity index (χ1n) is 15.3. The fourth-order valence-corrected chi connectivity index (χ4v) is 5.68. The highest BCUT2D eigenvalue weighted by Gasteiger charge is 2.54. The van der Waals surface area contributed by atoms with E-state index in [1.165, 1.54) is 4.90 Å². The van der Waals surface area contributed by atoms with E-state index in [0.717, 1.165) is 21.6 Å². The van der Waals surface area contributed by atoms with Gasteiger partial charge in [0.25, 0.3) is 5.91 Å². The average Bonchev–Trinajstić information content (AvgIpc) is 3.56. The SMILES string of the molecule is CC(C)C[C@@H](C(=O)N[C@H](CC(=O)O)c1ccc2c(c1)OCO2)N1C(=O)N(Cc2ccc(C=Cc3ccccc3)cc2)C(C)(C)C1=O. The second kappa shape index (κ2) is 13.5. The van der Waals surface area contributed by atoms with Crippen LogP contribution in [-0.4, -0.2) is 57.1 Å². The molecular formula is C36H39N3O7. The number of carboxylic acid groups (broad SMARTS) is 1. The van der Waals surface area contributed by atoms with Gasteiger partial charge in [0.15, 0.2) is 11.5 Å². The Morgan fingerprint density at radius 3 is 2.24 bits per heavy atom. The Bertz CT molecular complexity index is 1630. The van der Waals surface area contributed by atoms with E-state index < -0.39 is 47.9 Å². The predicted octanol–water partition coefficient (Wildman–Crippen LogP) is 5.88. The van der Waals surface area contributed by atoms with E-state index in [4.69, 9.17) is 9.47 Å². The monoisotopic (exact) mass is 625 g/mol. The number of fused-ring (bicyclic) bond motifs is 1. The van der Waals surface area contributed by atoms with Crippen molar-refractivity contribution >= 4 is 36.0 Å². The molecule has 0 saturated carbocycles. The molecular weight excluding hydrogens is 586 g/mol. The smallest absolute Gasteiger partial charge is 0.328 e. The summed E-state index contributed by atoms with van der Waals surface area (Å²) in [6.45, 7) is 7.36. The highest BCUT2D eigenvalue weighted by atomic mass is 16.7. The molecule has 1 saturated heterocycles. The first-order valence-corrected chi connectivity index (χ1v) is 15.3. The average molecular weight is 626 g/mol. The number of rotatable bonds is 12. The van der Waals surface area contributed by atoms with Crippen molar-refractivity contribution in [3.05, 3.63) is 95.1 Å². The molecule has 10 heteroatoms. The Balaban J connectivity index is 1.35. The number of hydrogen-bond acceptors (Lipinski definition) is 6. The van der Waals surface area contributed by atoms with Gasteiger partial charge >= 0.3 is 12.0 Å². The first-order chi connectivity index (χ1) is 21.9. The maximum absolute atomic E-state index is 14.0. The summed E-state index contributed by atoms with van der Waals surface area (Å²) in [5, 5.41) is 12.5. The van der Waals surface area contributed by atoms with Crippen LogP contribution >= 0.6 is 0 Å². The molecule has 3 aromatic rings. The fraction of sp³-hybridized carbons (Fsp3) is 0.333. The standard InChI is InChI=1S/C36H39N3O7/c1-23(2)18-29(33(42)37-28(20-32(40)41)27-16-17-30-31(19-27)46-22-45-30)39-34(43)36(3,4)38(35(39)44)21-26-14-12-25(13-15-26)11-10-24-8-6-5-7-9-24/h5-17,19,23,28-29H,18,20-22H2,1-4H3,(H,37,42)(H,40,41)/t28-,29+/m1/s1. The minimum Gasteiger partial charge on any atom is -0.481 e. The summed E-state index contributed by atoms with van der Waals surface area (Å²) >= 11 is 0. The molecule has 240 valence electrons.